The van der Waals surface area contributed by atoms with E-state index in [9.17, 15) is 33.9 Å². The molecule has 0 bridgehead atoms. The number of thiazole rings is 1. The molecule has 5 N–H and O–H groups in total. The van der Waals surface area contributed by atoms with E-state index in [2.05, 4.69) is 47.6 Å². The van der Waals surface area contributed by atoms with Crippen molar-refractivity contribution in [1.29, 1.82) is 5.26 Å². The van der Waals surface area contributed by atoms with Gasteiger partial charge in [-0.1, -0.05) is 44.2 Å². The minimum Gasteiger partial charge on any atom is -0.493 e. The molecule has 0 radical (unpaired) electrons. The van der Waals surface area contributed by atoms with Crippen LogP contribution in [0.4, 0.5) is 10.1 Å². The normalized spacial score (nSPS) is 19.7. The highest BCUT2D eigenvalue weighted by Crippen LogP contribution is 2.41. The third kappa shape index (κ3) is 11.4. The number of pyridine rings is 1. The number of nitriles is 1. The van der Waals surface area contributed by atoms with E-state index in [-0.39, 0.29) is 63.2 Å². The number of hydrogen-bond acceptors (Lipinski definition) is 15. The Hall–Kier alpha value is -6.89. The Kier molecular flexibility index (Phi) is 14.9. The van der Waals surface area contributed by atoms with Gasteiger partial charge in [-0.15, -0.1) is 21.5 Å². The fraction of sp³-hybridized carbons (Fsp3) is 0.462. The lowest BCUT2D eigenvalue weighted by atomic mass is 9.85. The number of alkyl halides is 1. The summed E-state index contributed by atoms with van der Waals surface area (Å²) in [5.41, 5.74) is 5.92. The molecule has 9 rings (SSSR count). The van der Waals surface area contributed by atoms with Gasteiger partial charge in [-0.05, 0) is 93.2 Å². The summed E-state index contributed by atoms with van der Waals surface area (Å²) in [6.07, 6.45) is 6.62. The predicted octanol–water partition coefficient (Wildman–Crippen LogP) is 6.87. The fourth-order valence-corrected chi connectivity index (χ4v) is 11.3. The topological polar surface area (TPSA) is 242 Å². The van der Waals surface area contributed by atoms with E-state index in [0.29, 0.717) is 23.3 Å². The summed E-state index contributed by atoms with van der Waals surface area (Å²) in [5, 5.41) is 47.3. The van der Waals surface area contributed by atoms with E-state index in [0.717, 1.165) is 80.0 Å². The zero-order valence-corrected chi connectivity index (χ0v) is 43.0. The smallest absolute Gasteiger partial charge is 0.258 e. The van der Waals surface area contributed by atoms with Crippen LogP contribution >= 0.6 is 22.7 Å². The van der Waals surface area contributed by atoms with Crippen LogP contribution < -0.4 is 26.0 Å². The van der Waals surface area contributed by atoms with Crippen molar-refractivity contribution in [2.75, 3.05) is 25.5 Å². The molecule has 18 nitrogen and oxygen atoms in total. The number of nitrogens with zero attached hydrogens (tertiary/aromatic N) is 8. The van der Waals surface area contributed by atoms with Gasteiger partial charge in [-0.3, -0.25) is 24.2 Å². The average molecular weight is 1030 g/mol. The van der Waals surface area contributed by atoms with Gasteiger partial charge in [0.1, 0.15) is 28.9 Å². The monoisotopic (exact) mass is 1030 g/mol. The number of carbonyl (C=O) groups is 4. The van der Waals surface area contributed by atoms with E-state index in [1.54, 1.807) is 54.4 Å². The first kappa shape index (κ1) is 51.0. The zero-order chi connectivity index (χ0) is 51.6. The maximum atomic E-state index is 14.7. The van der Waals surface area contributed by atoms with Gasteiger partial charge < -0.3 is 36.0 Å². The summed E-state index contributed by atoms with van der Waals surface area (Å²) in [4.78, 5) is 65.2. The molecule has 21 heteroatoms. The van der Waals surface area contributed by atoms with Crippen molar-refractivity contribution < 1.29 is 33.4 Å². The number of hydrogen-bond donors (Lipinski definition) is 5. The van der Waals surface area contributed by atoms with Gasteiger partial charge in [0.25, 0.3) is 5.91 Å². The number of likely N-dealkylation sites (tertiary alicyclic amines) is 1. The number of aromatic nitrogens is 6. The summed E-state index contributed by atoms with van der Waals surface area (Å²) in [7, 11) is 1.85. The van der Waals surface area contributed by atoms with Crippen LogP contribution in [-0.4, -0.2) is 114 Å². The van der Waals surface area contributed by atoms with E-state index in [4.69, 9.17) is 9.72 Å². The Morgan fingerprint density at radius 2 is 1.84 bits per heavy atom. The van der Waals surface area contributed by atoms with Crippen molar-refractivity contribution in [2.45, 2.75) is 128 Å². The number of amides is 4. The molecule has 4 amide bonds. The second-order valence-electron chi connectivity index (χ2n) is 20.2. The Morgan fingerprint density at radius 1 is 1.04 bits per heavy atom. The van der Waals surface area contributed by atoms with E-state index >= 15 is 0 Å². The first-order valence-corrected chi connectivity index (χ1v) is 26.3. The summed E-state index contributed by atoms with van der Waals surface area (Å²) >= 11 is 3.06. The molecule has 1 saturated heterocycles. The number of ether oxygens (including phenoxy) is 1. The molecular formula is C52H59FN12O6S2. The van der Waals surface area contributed by atoms with Crippen molar-refractivity contribution in [3.8, 4) is 44.2 Å². The third-order valence-corrected chi connectivity index (χ3v) is 16.0. The Bertz CT molecular complexity index is 3080. The summed E-state index contributed by atoms with van der Waals surface area (Å²) in [5.74, 6) is -1.19. The molecule has 2 aliphatic carbocycles. The van der Waals surface area contributed by atoms with Gasteiger partial charge in [0.15, 0.2) is 10.7 Å². The number of nitrogens with one attached hydrogen (secondary N) is 4. The van der Waals surface area contributed by atoms with E-state index < -0.39 is 47.0 Å². The van der Waals surface area contributed by atoms with Gasteiger partial charge in [-0.2, -0.15) is 10.4 Å². The number of halogens is 1. The molecule has 6 heterocycles. The zero-order valence-electron chi connectivity index (χ0n) is 41.4. The van der Waals surface area contributed by atoms with E-state index in [1.165, 1.54) is 22.4 Å². The number of β-amino-alcohol motifs (C(OH)–C–C–N with tert-alkyl or cyclic N) is 1. The minimum absolute atomic E-state index is 0.00329. The van der Waals surface area contributed by atoms with Crippen molar-refractivity contribution in [1.82, 2.24) is 50.6 Å². The summed E-state index contributed by atoms with van der Waals surface area (Å²) < 4.78 is 22.8. The quantitative estimate of drug-likeness (QED) is 0.0587. The molecule has 0 spiro atoms. The molecule has 5 aromatic heterocycles. The lowest BCUT2D eigenvalue weighted by Gasteiger charge is -2.35. The Balaban J connectivity index is 0.769. The highest BCUT2D eigenvalue weighted by molar-refractivity contribution is 7.14. The van der Waals surface area contributed by atoms with Gasteiger partial charge in [0, 0.05) is 62.4 Å². The minimum atomic E-state index is -1.99. The SMILES string of the molecule is CNc1cc(-c2ccc3cc(C#N)cnn23)ncc1-c1nnc([C@H]2CC[C@H](NC(=O)CCCOc3cc(-c4scnc4C)ccc3CNC(=O)[C@@H]3C[C@@H](O)CN3C(=O)[C@@H](NC(=O)C3(F)CC3)C(C)(C)C)CC2)s1. The average Bonchev–Trinajstić information content (AvgIpc) is 3.86. The molecule has 73 heavy (non-hydrogen) atoms. The summed E-state index contributed by atoms with van der Waals surface area (Å²) in [6, 6.07) is 13.3. The number of benzene rings is 1. The van der Waals surface area contributed by atoms with Crippen molar-refractivity contribution >= 4 is 57.5 Å². The van der Waals surface area contributed by atoms with Crippen LogP contribution in [0.1, 0.15) is 106 Å². The molecule has 0 unspecified atom stereocenters. The van der Waals surface area contributed by atoms with Crippen molar-refractivity contribution in [2.24, 2.45) is 5.41 Å². The van der Waals surface area contributed by atoms with Gasteiger partial charge in [0.2, 0.25) is 17.7 Å². The molecular weight excluding hydrogens is 972 g/mol. The van der Waals surface area contributed by atoms with Crippen molar-refractivity contribution in [3.05, 3.63) is 82.2 Å². The maximum Gasteiger partial charge on any atom is 0.258 e. The Morgan fingerprint density at radius 3 is 2.55 bits per heavy atom. The number of aryl methyl sites for hydroxylation is 1. The highest BCUT2D eigenvalue weighted by atomic mass is 32.1. The molecule has 2 saturated carbocycles. The molecule has 6 aromatic rings. The fourth-order valence-electron chi connectivity index (χ4n) is 9.51. The molecule has 3 aliphatic rings. The number of aliphatic hydroxyl groups is 1. The van der Waals surface area contributed by atoms with Crippen molar-refractivity contribution in [3.63, 3.8) is 0 Å². The Labute approximate surface area is 430 Å². The largest absolute Gasteiger partial charge is 0.493 e. The van der Waals surface area contributed by atoms with Gasteiger partial charge in [0.05, 0.1) is 63.0 Å². The maximum absolute atomic E-state index is 14.7. The molecule has 3 atom stereocenters. The van der Waals surface area contributed by atoms with Crippen LogP contribution in [0.15, 0.2) is 60.4 Å². The van der Waals surface area contributed by atoms with Crippen LogP contribution in [0.3, 0.4) is 0 Å². The standard InChI is InChI=1S/C52H59FN12O6S2/c1-29-44(72-28-58-29)32-8-9-33(25-57-46(68)41-21-36(66)27-64(41)49(69)45(51(2,3)4)61-50(70)52(53)16-17-52)42(20-32)71-18-6-7-43(67)60-34-12-10-31(11-13-34)47-62-63-48(73-47)37-26-56-39(22-38(37)55-5)40-15-14-35-19-30(23-54)24-59-65(35)40/h8-9,14-15,19-20,22,24,26,28,31,34,36,41,45,66H,6-7,10-13,16-18,21,25,27H2,1-5H3,(H,55,56)(H,57,68)(H,60,67)(H,61,70)/t31-,34-,36-,41+,45-/m1/s1. The highest BCUT2D eigenvalue weighted by Gasteiger charge is 2.53. The van der Waals surface area contributed by atoms with E-state index in [1.807, 2.05) is 50.4 Å². The van der Waals surface area contributed by atoms with Crippen LogP contribution in [0, 0.1) is 23.7 Å². The predicted molar refractivity (Wildman–Crippen MR) is 274 cm³/mol. The number of carbonyl (C=O) groups excluding carboxylic acids is 4. The summed E-state index contributed by atoms with van der Waals surface area (Å²) in [6.45, 7) is 7.38. The molecule has 1 aromatic carbocycles. The third-order valence-electron chi connectivity index (χ3n) is 13.9. The van der Waals surface area contributed by atoms with Crippen LogP contribution in [-0.2, 0) is 25.7 Å². The lowest BCUT2D eigenvalue weighted by molar-refractivity contribution is -0.145. The molecule has 1 aliphatic heterocycles. The number of fused-ring (bicyclic) bond motifs is 1. The first-order chi connectivity index (χ1) is 35.0. The second-order valence-corrected chi connectivity index (χ2v) is 22.1. The first-order valence-electron chi connectivity index (χ1n) is 24.6. The van der Waals surface area contributed by atoms with Crippen LogP contribution in [0.25, 0.3) is 37.9 Å². The number of rotatable bonds is 17. The van der Waals surface area contributed by atoms with Crippen LogP contribution in [0.2, 0.25) is 0 Å². The van der Waals surface area contributed by atoms with Gasteiger partial charge >= 0.3 is 0 Å². The van der Waals surface area contributed by atoms with Gasteiger partial charge in [-0.25, -0.2) is 13.9 Å². The van der Waals surface area contributed by atoms with Crippen LogP contribution in [0.5, 0.6) is 5.75 Å². The lowest BCUT2D eigenvalue weighted by Crippen LogP contribution is -2.59. The second kappa shape index (κ2) is 21.3. The molecule has 3 fully saturated rings. The number of aliphatic hydroxyl groups excluding tert-OH is 1. The molecule has 382 valence electrons. The number of anilines is 1.